The van der Waals surface area contributed by atoms with E-state index in [0.29, 0.717) is 23.6 Å². The molecule has 1 aliphatic rings. The SMILES string of the molecule is COc1ccccc1N1CCN(CC(O)COCc2cc(-c3ccc(C(F)(F)F)cc3)no2)CC1.Cl.Cl. The first kappa shape index (κ1) is 30.7. The lowest BCUT2D eigenvalue weighted by Gasteiger charge is -2.37. The summed E-state index contributed by atoms with van der Waals surface area (Å²) in [7, 11) is 1.67. The largest absolute Gasteiger partial charge is 0.495 e. The van der Waals surface area contributed by atoms with Crippen molar-refractivity contribution < 1.29 is 32.3 Å². The quantitative estimate of drug-likeness (QED) is 0.396. The smallest absolute Gasteiger partial charge is 0.416 e. The van der Waals surface area contributed by atoms with E-state index in [2.05, 4.69) is 15.0 Å². The molecule has 1 N–H and O–H groups in total. The van der Waals surface area contributed by atoms with E-state index in [1.165, 1.54) is 12.1 Å². The molecule has 2 heterocycles. The fourth-order valence-corrected chi connectivity index (χ4v) is 4.06. The molecule has 7 nitrogen and oxygen atoms in total. The number of para-hydroxylation sites is 2. The van der Waals surface area contributed by atoms with Crippen LogP contribution in [0.2, 0.25) is 0 Å². The van der Waals surface area contributed by atoms with E-state index in [1.807, 2.05) is 24.3 Å². The molecule has 1 atom stereocenters. The van der Waals surface area contributed by atoms with Gasteiger partial charge in [0.15, 0.2) is 5.76 Å². The van der Waals surface area contributed by atoms with Crippen molar-refractivity contribution in [3.05, 3.63) is 65.9 Å². The Bertz CT molecular complexity index is 1090. The van der Waals surface area contributed by atoms with Crippen LogP contribution in [0.1, 0.15) is 11.3 Å². The summed E-state index contributed by atoms with van der Waals surface area (Å²) in [4.78, 5) is 4.47. The van der Waals surface area contributed by atoms with Crippen molar-refractivity contribution >= 4 is 30.5 Å². The van der Waals surface area contributed by atoms with Crippen LogP contribution >= 0.6 is 24.8 Å². The van der Waals surface area contributed by atoms with Crippen molar-refractivity contribution in [1.29, 1.82) is 0 Å². The van der Waals surface area contributed by atoms with E-state index >= 15 is 0 Å². The van der Waals surface area contributed by atoms with E-state index in [4.69, 9.17) is 14.0 Å². The summed E-state index contributed by atoms with van der Waals surface area (Å²) in [5.41, 5.74) is 1.29. The van der Waals surface area contributed by atoms with Gasteiger partial charge in [-0.15, -0.1) is 24.8 Å². The number of halogens is 5. The van der Waals surface area contributed by atoms with Gasteiger partial charge in [0.1, 0.15) is 18.1 Å². The molecule has 204 valence electrons. The third-order valence-electron chi connectivity index (χ3n) is 5.89. The summed E-state index contributed by atoms with van der Waals surface area (Å²) in [6.07, 6.45) is -5.05. The minimum Gasteiger partial charge on any atom is -0.495 e. The molecule has 0 spiro atoms. The zero-order valence-electron chi connectivity index (χ0n) is 20.2. The van der Waals surface area contributed by atoms with Crippen LogP contribution in [0.25, 0.3) is 11.3 Å². The summed E-state index contributed by atoms with van der Waals surface area (Å²) in [5, 5.41) is 14.3. The summed E-state index contributed by atoms with van der Waals surface area (Å²) < 4.78 is 54.4. The maximum atomic E-state index is 12.7. The van der Waals surface area contributed by atoms with Gasteiger partial charge in [0, 0.05) is 44.4 Å². The molecule has 2 aromatic carbocycles. The van der Waals surface area contributed by atoms with Gasteiger partial charge in [-0.3, -0.25) is 4.90 Å². The number of piperazine rings is 1. The molecule has 4 rings (SSSR count). The Kier molecular flexibility index (Phi) is 11.5. The lowest BCUT2D eigenvalue weighted by molar-refractivity contribution is -0.137. The lowest BCUT2D eigenvalue weighted by atomic mass is 10.1. The number of ether oxygens (including phenoxy) is 2. The van der Waals surface area contributed by atoms with Gasteiger partial charge in [-0.05, 0) is 24.3 Å². The number of aliphatic hydroxyl groups is 1. The number of aromatic nitrogens is 1. The minimum absolute atomic E-state index is 0. The second-order valence-corrected chi connectivity index (χ2v) is 8.38. The monoisotopic (exact) mass is 563 g/mol. The Balaban J connectivity index is 0.00000241. The highest BCUT2D eigenvalue weighted by Crippen LogP contribution is 2.31. The van der Waals surface area contributed by atoms with Gasteiger partial charge >= 0.3 is 6.18 Å². The number of anilines is 1. The molecule has 0 amide bonds. The van der Waals surface area contributed by atoms with Gasteiger partial charge in [0.2, 0.25) is 0 Å². The maximum absolute atomic E-state index is 12.7. The molecule has 0 aliphatic carbocycles. The Morgan fingerprint density at radius 2 is 1.70 bits per heavy atom. The number of nitrogens with zero attached hydrogens (tertiary/aromatic N) is 3. The van der Waals surface area contributed by atoms with Gasteiger partial charge in [-0.2, -0.15) is 13.2 Å². The molecular weight excluding hydrogens is 534 g/mol. The lowest BCUT2D eigenvalue weighted by Crippen LogP contribution is -2.49. The van der Waals surface area contributed by atoms with Crippen LogP contribution in [0.4, 0.5) is 18.9 Å². The van der Waals surface area contributed by atoms with E-state index < -0.39 is 17.8 Å². The van der Waals surface area contributed by atoms with Crippen LogP contribution in [0.3, 0.4) is 0 Å². The second kappa shape index (κ2) is 13.9. The van der Waals surface area contributed by atoms with Crippen molar-refractivity contribution in [3.63, 3.8) is 0 Å². The molecule has 12 heteroatoms. The summed E-state index contributed by atoms with van der Waals surface area (Å²) in [6, 6.07) is 14.3. The molecule has 0 saturated carbocycles. The first-order valence-electron chi connectivity index (χ1n) is 11.3. The number of β-amino-alcohol motifs (C(OH)–C–C–N with tert-alkyl or cyclic N) is 1. The van der Waals surface area contributed by atoms with Gasteiger partial charge in [0.25, 0.3) is 0 Å². The predicted octanol–water partition coefficient (Wildman–Crippen LogP) is 4.91. The van der Waals surface area contributed by atoms with Crippen molar-refractivity contribution in [2.24, 2.45) is 0 Å². The second-order valence-electron chi connectivity index (χ2n) is 8.38. The highest BCUT2D eigenvalue weighted by molar-refractivity contribution is 5.85. The zero-order chi connectivity index (χ0) is 24.8. The average molecular weight is 564 g/mol. The van der Waals surface area contributed by atoms with Crippen molar-refractivity contribution in [1.82, 2.24) is 10.1 Å². The molecular formula is C25H30Cl2F3N3O4. The first-order valence-corrected chi connectivity index (χ1v) is 11.3. The predicted molar refractivity (Wildman–Crippen MR) is 139 cm³/mol. The molecule has 37 heavy (non-hydrogen) atoms. The number of methoxy groups -OCH3 is 1. The van der Waals surface area contributed by atoms with Crippen LogP contribution in [-0.2, 0) is 17.5 Å². The van der Waals surface area contributed by atoms with Gasteiger partial charge < -0.3 is 24.0 Å². The van der Waals surface area contributed by atoms with Crippen molar-refractivity contribution in [2.75, 3.05) is 51.3 Å². The normalized spacial score (nSPS) is 15.0. The molecule has 1 unspecified atom stereocenters. The molecule has 0 bridgehead atoms. The van der Waals surface area contributed by atoms with Crippen LogP contribution in [0.5, 0.6) is 5.75 Å². The number of hydrogen-bond donors (Lipinski definition) is 1. The third kappa shape index (κ3) is 8.24. The van der Waals surface area contributed by atoms with E-state index in [0.717, 1.165) is 49.7 Å². The van der Waals surface area contributed by atoms with Crippen LogP contribution in [0.15, 0.2) is 59.1 Å². The Labute approximate surface area is 225 Å². The average Bonchev–Trinajstić information content (AvgIpc) is 3.33. The highest BCUT2D eigenvalue weighted by Gasteiger charge is 2.30. The fourth-order valence-electron chi connectivity index (χ4n) is 4.06. The third-order valence-corrected chi connectivity index (χ3v) is 5.89. The van der Waals surface area contributed by atoms with Gasteiger partial charge in [0.05, 0.1) is 31.1 Å². The Morgan fingerprint density at radius 1 is 1.03 bits per heavy atom. The van der Waals surface area contributed by atoms with Gasteiger partial charge in [-0.25, -0.2) is 0 Å². The first-order chi connectivity index (χ1) is 16.8. The van der Waals surface area contributed by atoms with Crippen molar-refractivity contribution in [2.45, 2.75) is 18.9 Å². The molecule has 1 aliphatic heterocycles. The molecule has 1 saturated heterocycles. The maximum Gasteiger partial charge on any atom is 0.416 e. The topological polar surface area (TPSA) is 71.2 Å². The summed E-state index contributed by atoms with van der Waals surface area (Å²) >= 11 is 0. The summed E-state index contributed by atoms with van der Waals surface area (Å²) in [5.74, 6) is 1.28. The number of rotatable bonds is 9. The Morgan fingerprint density at radius 3 is 2.35 bits per heavy atom. The van der Waals surface area contributed by atoms with Crippen LogP contribution < -0.4 is 9.64 Å². The van der Waals surface area contributed by atoms with Gasteiger partial charge in [-0.1, -0.05) is 29.4 Å². The molecule has 3 aromatic rings. The zero-order valence-corrected chi connectivity index (χ0v) is 21.8. The van der Waals surface area contributed by atoms with E-state index in [-0.39, 0.29) is 38.0 Å². The fraction of sp³-hybridized carbons (Fsp3) is 0.400. The van der Waals surface area contributed by atoms with E-state index in [9.17, 15) is 18.3 Å². The molecule has 0 radical (unpaired) electrons. The van der Waals surface area contributed by atoms with Crippen molar-refractivity contribution in [3.8, 4) is 17.0 Å². The number of hydrogen-bond acceptors (Lipinski definition) is 7. The minimum atomic E-state index is -4.38. The Hall–Kier alpha value is -2.50. The van der Waals surface area contributed by atoms with Crippen LogP contribution in [-0.4, -0.2) is 67.7 Å². The number of benzene rings is 2. The number of aliphatic hydroxyl groups excluding tert-OH is 1. The standard InChI is InChI=1S/C25H28F3N3O4.2ClH/c1-33-24-5-3-2-4-23(24)31-12-10-30(11-13-31)15-20(32)16-34-17-21-14-22(29-35-21)18-6-8-19(9-7-18)25(26,27)28;;/h2-9,14,20,32H,10-13,15-17H2,1H3;2*1H. The molecule has 1 aromatic heterocycles. The van der Waals surface area contributed by atoms with Crippen LogP contribution in [0, 0.1) is 0 Å². The highest BCUT2D eigenvalue weighted by atomic mass is 35.5. The van der Waals surface area contributed by atoms with E-state index in [1.54, 1.807) is 13.2 Å². The molecule has 1 fully saturated rings. The summed E-state index contributed by atoms with van der Waals surface area (Å²) in [6.45, 7) is 4.02. The number of alkyl halides is 3.